The lowest BCUT2D eigenvalue weighted by molar-refractivity contribution is -0.145. The molecule has 2 aliphatic carbocycles. The molecule has 3 aromatic carbocycles. The minimum absolute atomic E-state index is 0.0677. The van der Waals surface area contributed by atoms with Crippen LogP contribution in [0.4, 0.5) is 10.1 Å². The number of hydrogen-bond acceptors (Lipinski definition) is 7. The van der Waals surface area contributed by atoms with Gasteiger partial charge in [-0.25, -0.2) is 12.8 Å². The first-order valence-electron chi connectivity index (χ1n) is 16.8. The van der Waals surface area contributed by atoms with Gasteiger partial charge in [0.05, 0.1) is 4.75 Å². The number of nitrogens with one attached hydrogen (secondary N) is 3. The molecule has 0 aromatic heterocycles. The predicted octanol–water partition coefficient (Wildman–Crippen LogP) is 6.11. The van der Waals surface area contributed by atoms with Crippen LogP contribution in [0.15, 0.2) is 79.4 Å². The van der Waals surface area contributed by atoms with Crippen molar-refractivity contribution >= 4 is 45.0 Å². The summed E-state index contributed by atoms with van der Waals surface area (Å²) in [6.45, 7) is 11.1. The summed E-state index contributed by atoms with van der Waals surface area (Å²) in [5.41, 5.74) is -0.109. The van der Waals surface area contributed by atoms with Crippen molar-refractivity contribution in [1.29, 1.82) is 0 Å². The highest BCUT2D eigenvalue weighted by Gasteiger charge is 2.62. The van der Waals surface area contributed by atoms with Crippen LogP contribution in [0.2, 0.25) is 5.02 Å². The number of benzene rings is 3. The number of sulfonamides is 1. The third-order valence-electron chi connectivity index (χ3n) is 10.1. The Morgan fingerprint density at radius 1 is 1.04 bits per heavy atom. The van der Waals surface area contributed by atoms with E-state index in [0.717, 1.165) is 11.1 Å². The maximum atomic E-state index is 14.6. The molecule has 3 amide bonds. The Morgan fingerprint density at radius 3 is 2.33 bits per heavy atom. The number of anilines is 1. The molecular weight excluding hydrogens is 695 g/mol. The van der Waals surface area contributed by atoms with Gasteiger partial charge in [0.25, 0.3) is 5.91 Å². The fourth-order valence-corrected chi connectivity index (χ4v) is 7.89. The average Bonchev–Trinajstić information content (AvgIpc) is 3.99. The minimum atomic E-state index is -3.98. The number of carbonyl (C=O) groups is 3. The van der Waals surface area contributed by atoms with Crippen molar-refractivity contribution < 1.29 is 31.9 Å². The summed E-state index contributed by atoms with van der Waals surface area (Å²) in [5.74, 6) is -1.72. The lowest BCUT2D eigenvalue weighted by atomic mass is 9.84. The Hall–Kier alpha value is -4.42. The number of rotatable bonds is 11. The fraction of sp³-hybridized carbons (Fsp3) is 0.395. The topological polar surface area (TPSA) is 134 Å². The van der Waals surface area contributed by atoms with Crippen molar-refractivity contribution in [2.45, 2.75) is 82.3 Å². The molecule has 3 aliphatic rings. The molecule has 3 N–H and O–H groups in total. The van der Waals surface area contributed by atoms with Crippen LogP contribution in [-0.4, -0.2) is 53.4 Å². The van der Waals surface area contributed by atoms with E-state index in [9.17, 15) is 27.2 Å². The van der Waals surface area contributed by atoms with E-state index >= 15 is 0 Å². The van der Waals surface area contributed by atoms with Crippen LogP contribution in [0.3, 0.4) is 0 Å². The van der Waals surface area contributed by atoms with Gasteiger partial charge in [-0.1, -0.05) is 50.6 Å². The molecule has 0 saturated heterocycles. The number of ether oxygens (including phenoxy) is 1. The van der Waals surface area contributed by atoms with Crippen molar-refractivity contribution in [2.75, 3.05) is 5.32 Å². The minimum Gasteiger partial charge on any atom is -0.457 e. The van der Waals surface area contributed by atoms with Crippen molar-refractivity contribution in [1.82, 2.24) is 14.9 Å². The largest absolute Gasteiger partial charge is 0.457 e. The van der Waals surface area contributed by atoms with E-state index < -0.39 is 61.4 Å². The number of nitrogens with zero attached hydrogens (tertiary/aromatic N) is 1. The van der Waals surface area contributed by atoms with Gasteiger partial charge >= 0.3 is 0 Å². The molecule has 10 nitrogen and oxygen atoms in total. The van der Waals surface area contributed by atoms with Crippen molar-refractivity contribution in [2.24, 2.45) is 11.3 Å². The molecular formula is C38H42ClFN4O6S. The zero-order chi connectivity index (χ0) is 36.9. The van der Waals surface area contributed by atoms with Crippen molar-refractivity contribution in [3.63, 3.8) is 0 Å². The zero-order valence-electron chi connectivity index (χ0n) is 29.0. The van der Waals surface area contributed by atoms with Gasteiger partial charge in [0.15, 0.2) is 0 Å². The fourth-order valence-electron chi connectivity index (χ4n) is 6.40. The number of hydrogen-bond donors (Lipinski definition) is 3. The van der Waals surface area contributed by atoms with Crippen LogP contribution < -0.4 is 20.1 Å². The van der Waals surface area contributed by atoms with Gasteiger partial charge in [-0.15, -0.1) is 6.58 Å². The summed E-state index contributed by atoms with van der Waals surface area (Å²) in [6.07, 6.45) is 2.63. The first-order valence-corrected chi connectivity index (χ1v) is 18.7. The summed E-state index contributed by atoms with van der Waals surface area (Å²) >= 11 is 6.15. The average molecular weight is 737 g/mol. The van der Waals surface area contributed by atoms with Crippen LogP contribution in [0.1, 0.15) is 58.1 Å². The molecule has 1 heterocycles. The Bertz CT molecular complexity index is 2000. The standard InChI is InChI=1S/C38H42ClFN4O6S/c1-6-25-21-38(25,35(47)43-51(48,49)37(5)16-17-37)42-33(45)31-19-24-18-30(50-29-9-7-8-26(39)20-29)15-10-23(24)22-44(31)34(46)32(36(2,3)4)41-28-13-11-27(40)12-14-28/h6-15,18,20,25,31-32,41H,1,16-17,19,21-22H2,2-5H3,(H,42,45)(H,43,47)/t25-,31+,32-,38-/m1/s1. The molecule has 0 unspecified atom stereocenters. The monoisotopic (exact) mass is 736 g/mol. The second-order valence-corrected chi connectivity index (χ2v) is 17.7. The summed E-state index contributed by atoms with van der Waals surface area (Å²) < 4.78 is 47.0. The Balaban J connectivity index is 1.33. The van der Waals surface area contributed by atoms with Gasteiger partial charge in [0.1, 0.15) is 34.9 Å². The molecule has 0 bridgehead atoms. The number of carbonyl (C=O) groups excluding carboxylic acids is 3. The molecule has 2 saturated carbocycles. The van der Waals surface area contributed by atoms with Gasteiger partial charge in [0.2, 0.25) is 21.8 Å². The first-order chi connectivity index (χ1) is 23.9. The molecule has 13 heteroatoms. The molecule has 4 atom stereocenters. The molecule has 270 valence electrons. The van der Waals surface area contributed by atoms with E-state index in [-0.39, 0.29) is 25.3 Å². The molecule has 3 aromatic rings. The number of fused-ring (bicyclic) bond motifs is 1. The smallest absolute Gasteiger partial charge is 0.259 e. The third kappa shape index (κ3) is 7.48. The highest BCUT2D eigenvalue weighted by Crippen LogP contribution is 2.47. The summed E-state index contributed by atoms with van der Waals surface area (Å²) in [5, 5.41) is 6.61. The van der Waals surface area contributed by atoms with Crippen LogP contribution in [0.25, 0.3) is 0 Å². The summed E-state index contributed by atoms with van der Waals surface area (Å²) in [4.78, 5) is 44.2. The number of amides is 3. The van der Waals surface area contributed by atoms with Gasteiger partial charge < -0.3 is 20.3 Å². The molecule has 51 heavy (non-hydrogen) atoms. The first kappa shape index (κ1) is 36.4. The molecule has 1 aliphatic heterocycles. The lowest BCUT2D eigenvalue weighted by Gasteiger charge is -2.41. The normalized spacial score (nSPS) is 22.5. The predicted molar refractivity (Wildman–Crippen MR) is 193 cm³/mol. The van der Waals surface area contributed by atoms with E-state index in [2.05, 4.69) is 21.9 Å². The molecule has 0 radical (unpaired) electrons. The summed E-state index contributed by atoms with van der Waals surface area (Å²) in [6, 6.07) is 16.1. The molecule has 2 fully saturated rings. The number of halogens is 2. The third-order valence-corrected chi connectivity index (χ3v) is 12.5. The SMILES string of the molecule is C=C[C@@H]1C[C@]1(NC(=O)[C@@H]1Cc2cc(Oc3cccc(Cl)c3)ccc2CN1C(=O)[C@@H](Nc1ccc(F)cc1)C(C)(C)C)C(=O)NS(=O)(=O)C1(C)CC1. The van der Waals surface area contributed by atoms with E-state index in [4.69, 9.17) is 16.3 Å². The molecule has 6 rings (SSSR count). The van der Waals surface area contributed by atoms with Gasteiger partial charge in [-0.3, -0.25) is 19.1 Å². The molecule has 0 spiro atoms. The highest BCUT2D eigenvalue weighted by atomic mass is 35.5. The van der Waals surface area contributed by atoms with E-state index in [1.165, 1.54) is 23.1 Å². The highest BCUT2D eigenvalue weighted by molar-refractivity contribution is 7.91. The maximum Gasteiger partial charge on any atom is 0.259 e. The van der Waals surface area contributed by atoms with Gasteiger partial charge in [-0.2, -0.15) is 0 Å². The van der Waals surface area contributed by atoms with E-state index in [0.29, 0.717) is 35.1 Å². The van der Waals surface area contributed by atoms with E-state index in [1.807, 2.05) is 32.9 Å². The quantitative estimate of drug-likeness (QED) is 0.202. The Morgan fingerprint density at radius 2 is 1.73 bits per heavy atom. The van der Waals surface area contributed by atoms with Crippen LogP contribution in [0, 0.1) is 17.2 Å². The van der Waals surface area contributed by atoms with Crippen LogP contribution >= 0.6 is 11.6 Å². The van der Waals surface area contributed by atoms with Crippen LogP contribution in [-0.2, 0) is 37.4 Å². The maximum absolute atomic E-state index is 14.6. The summed E-state index contributed by atoms with van der Waals surface area (Å²) in [7, 11) is -3.98. The Labute approximate surface area is 302 Å². The van der Waals surface area contributed by atoms with Crippen LogP contribution in [0.5, 0.6) is 11.5 Å². The van der Waals surface area contributed by atoms with Crippen molar-refractivity contribution in [3.05, 3.63) is 101 Å². The second kappa shape index (κ2) is 13.3. The zero-order valence-corrected chi connectivity index (χ0v) is 30.5. The Kier molecular flexibility index (Phi) is 9.47. The van der Waals surface area contributed by atoms with Crippen molar-refractivity contribution in [3.8, 4) is 11.5 Å². The lowest BCUT2D eigenvalue weighted by Crippen LogP contribution is -2.61. The van der Waals surface area contributed by atoms with E-state index in [1.54, 1.807) is 49.4 Å². The van der Waals surface area contributed by atoms with Gasteiger partial charge in [0, 0.05) is 29.6 Å². The van der Waals surface area contributed by atoms with Gasteiger partial charge in [-0.05, 0) is 97.3 Å². The second-order valence-electron chi connectivity index (χ2n) is 15.0.